The van der Waals surface area contributed by atoms with Crippen molar-refractivity contribution >= 4 is 41.0 Å². The Labute approximate surface area is 182 Å². The number of nitro groups is 1. The average Bonchev–Trinajstić information content (AvgIpc) is 2.75. The number of nitrogens with zero attached hydrogens (tertiary/aromatic N) is 2. The van der Waals surface area contributed by atoms with Gasteiger partial charge in [0, 0.05) is 17.7 Å². The maximum atomic E-state index is 12.0. The molecule has 0 aromatic heterocycles. The number of carbonyl (C=O) groups is 1. The molecule has 0 bridgehead atoms. The standard InChI is InChI=1S/C21H15Cl2N3O4/c22-19-9-6-15(10-20(19)23)13-30-18-7-4-14(5-8-18)12-24-25-21(27)16-2-1-3-17(11-16)26(28)29/h1-12H,13H2,(H,25,27)/b24-12-. The Kier molecular flexibility index (Phi) is 7.00. The van der Waals surface area contributed by atoms with Gasteiger partial charge in [-0.1, -0.05) is 35.3 Å². The van der Waals surface area contributed by atoms with Crippen LogP contribution in [0.15, 0.2) is 71.8 Å². The minimum absolute atomic E-state index is 0.146. The minimum Gasteiger partial charge on any atom is -0.489 e. The van der Waals surface area contributed by atoms with Crippen molar-refractivity contribution in [2.75, 3.05) is 0 Å². The van der Waals surface area contributed by atoms with E-state index < -0.39 is 10.8 Å². The van der Waals surface area contributed by atoms with E-state index in [1.807, 2.05) is 6.07 Å². The molecule has 0 aliphatic rings. The molecule has 0 aliphatic heterocycles. The smallest absolute Gasteiger partial charge is 0.271 e. The van der Waals surface area contributed by atoms with Gasteiger partial charge in [0.15, 0.2) is 0 Å². The second-order valence-corrected chi connectivity index (χ2v) is 6.93. The molecule has 9 heteroatoms. The molecule has 0 radical (unpaired) electrons. The maximum absolute atomic E-state index is 12.0. The number of amides is 1. The molecule has 0 unspecified atom stereocenters. The van der Waals surface area contributed by atoms with E-state index in [4.69, 9.17) is 27.9 Å². The molecule has 0 atom stereocenters. The molecule has 0 fully saturated rings. The van der Waals surface area contributed by atoms with Gasteiger partial charge in [-0.25, -0.2) is 5.43 Å². The maximum Gasteiger partial charge on any atom is 0.271 e. The lowest BCUT2D eigenvalue weighted by Crippen LogP contribution is -2.17. The molecule has 0 heterocycles. The molecular weight excluding hydrogens is 429 g/mol. The summed E-state index contributed by atoms with van der Waals surface area (Å²) in [4.78, 5) is 22.3. The normalized spacial score (nSPS) is 10.7. The van der Waals surface area contributed by atoms with Crippen LogP contribution in [0.4, 0.5) is 5.69 Å². The van der Waals surface area contributed by atoms with Crippen LogP contribution < -0.4 is 10.2 Å². The molecule has 30 heavy (non-hydrogen) atoms. The summed E-state index contributed by atoms with van der Waals surface area (Å²) in [5.74, 6) is 0.107. The van der Waals surface area contributed by atoms with E-state index in [1.165, 1.54) is 30.5 Å². The molecular formula is C21H15Cl2N3O4. The van der Waals surface area contributed by atoms with Crippen LogP contribution in [0.5, 0.6) is 5.75 Å². The number of hydrogen-bond donors (Lipinski definition) is 1. The van der Waals surface area contributed by atoms with E-state index in [1.54, 1.807) is 36.4 Å². The summed E-state index contributed by atoms with van der Waals surface area (Å²) in [5, 5.41) is 15.6. The summed E-state index contributed by atoms with van der Waals surface area (Å²) in [6.07, 6.45) is 1.46. The molecule has 3 aromatic carbocycles. The summed E-state index contributed by atoms with van der Waals surface area (Å²) in [6, 6.07) is 17.8. The Balaban J connectivity index is 1.54. The Morgan fingerprint density at radius 2 is 1.83 bits per heavy atom. The van der Waals surface area contributed by atoms with Crippen molar-refractivity contribution in [2.45, 2.75) is 6.61 Å². The van der Waals surface area contributed by atoms with Gasteiger partial charge in [0.2, 0.25) is 0 Å². The lowest BCUT2D eigenvalue weighted by atomic mass is 10.2. The molecule has 0 spiro atoms. The van der Waals surface area contributed by atoms with Crippen LogP contribution in [0, 0.1) is 10.1 Å². The van der Waals surface area contributed by atoms with Crippen LogP contribution in [-0.4, -0.2) is 17.0 Å². The van der Waals surface area contributed by atoms with Gasteiger partial charge in [0.25, 0.3) is 11.6 Å². The third kappa shape index (κ3) is 5.79. The van der Waals surface area contributed by atoms with Crippen molar-refractivity contribution in [1.29, 1.82) is 0 Å². The monoisotopic (exact) mass is 443 g/mol. The van der Waals surface area contributed by atoms with Gasteiger partial charge >= 0.3 is 0 Å². The zero-order valence-electron chi connectivity index (χ0n) is 15.4. The van der Waals surface area contributed by atoms with E-state index in [2.05, 4.69) is 10.5 Å². The van der Waals surface area contributed by atoms with Crippen LogP contribution in [0.1, 0.15) is 21.5 Å². The largest absolute Gasteiger partial charge is 0.489 e. The van der Waals surface area contributed by atoms with Crippen molar-refractivity contribution < 1.29 is 14.5 Å². The predicted octanol–water partition coefficient (Wildman–Crippen LogP) is 5.24. The average molecular weight is 444 g/mol. The van der Waals surface area contributed by atoms with Crippen molar-refractivity contribution in [3.05, 3.63) is 104 Å². The van der Waals surface area contributed by atoms with Gasteiger partial charge in [0.05, 0.1) is 21.2 Å². The molecule has 152 valence electrons. The highest BCUT2D eigenvalue weighted by molar-refractivity contribution is 6.42. The molecule has 1 N–H and O–H groups in total. The summed E-state index contributed by atoms with van der Waals surface area (Å²) < 4.78 is 5.70. The van der Waals surface area contributed by atoms with Gasteiger partial charge in [-0.15, -0.1) is 0 Å². The highest BCUT2D eigenvalue weighted by atomic mass is 35.5. The van der Waals surface area contributed by atoms with Crippen molar-refractivity contribution in [3.8, 4) is 5.75 Å². The topological polar surface area (TPSA) is 93.8 Å². The Morgan fingerprint density at radius 1 is 1.07 bits per heavy atom. The number of nitrogens with one attached hydrogen (secondary N) is 1. The summed E-state index contributed by atoms with van der Waals surface area (Å²) in [6.45, 7) is 0.337. The second-order valence-electron chi connectivity index (χ2n) is 6.11. The first-order chi connectivity index (χ1) is 14.4. The number of nitro benzene ring substituents is 1. The molecule has 0 aliphatic carbocycles. The predicted molar refractivity (Wildman–Crippen MR) is 115 cm³/mol. The molecule has 3 aromatic rings. The fraction of sp³-hybridized carbons (Fsp3) is 0.0476. The minimum atomic E-state index is -0.564. The van der Waals surface area contributed by atoms with E-state index in [-0.39, 0.29) is 11.3 Å². The number of hydrogen-bond acceptors (Lipinski definition) is 5. The van der Waals surface area contributed by atoms with Crippen LogP contribution >= 0.6 is 23.2 Å². The summed E-state index contributed by atoms with van der Waals surface area (Å²) >= 11 is 11.9. The van der Waals surface area contributed by atoms with Crippen molar-refractivity contribution in [1.82, 2.24) is 5.43 Å². The number of halogens is 2. The molecule has 0 saturated carbocycles. The lowest BCUT2D eigenvalue weighted by Gasteiger charge is -2.07. The summed E-state index contributed by atoms with van der Waals surface area (Å²) in [7, 11) is 0. The summed E-state index contributed by atoms with van der Waals surface area (Å²) in [5.41, 5.74) is 3.94. The fourth-order valence-electron chi connectivity index (χ4n) is 2.44. The fourth-order valence-corrected chi connectivity index (χ4v) is 2.76. The number of rotatable bonds is 7. The van der Waals surface area contributed by atoms with E-state index >= 15 is 0 Å². The van der Waals surface area contributed by atoms with E-state index in [0.717, 1.165) is 11.1 Å². The van der Waals surface area contributed by atoms with Gasteiger partial charge < -0.3 is 4.74 Å². The zero-order chi connectivity index (χ0) is 21.5. The molecule has 0 saturated heterocycles. The highest BCUT2D eigenvalue weighted by Gasteiger charge is 2.10. The van der Waals surface area contributed by atoms with Gasteiger partial charge in [-0.3, -0.25) is 14.9 Å². The van der Waals surface area contributed by atoms with Crippen LogP contribution in [0.2, 0.25) is 10.0 Å². The van der Waals surface area contributed by atoms with Crippen LogP contribution in [0.25, 0.3) is 0 Å². The van der Waals surface area contributed by atoms with E-state index in [0.29, 0.717) is 22.4 Å². The number of non-ortho nitro benzene ring substituents is 1. The first-order valence-corrected chi connectivity index (χ1v) is 9.42. The van der Waals surface area contributed by atoms with Gasteiger partial charge in [-0.05, 0) is 53.6 Å². The van der Waals surface area contributed by atoms with Crippen LogP contribution in [-0.2, 0) is 6.61 Å². The molecule has 3 rings (SSSR count). The number of carbonyl (C=O) groups excluding carboxylic acids is 1. The highest BCUT2D eigenvalue weighted by Crippen LogP contribution is 2.23. The molecule has 7 nitrogen and oxygen atoms in total. The zero-order valence-corrected chi connectivity index (χ0v) is 16.9. The number of ether oxygens (including phenoxy) is 1. The quantitative estimate of drug-likeness (QED) is 0.306. The number of hydrazone groups is 1. The number of benzene rings is 3. The van der Waals surface area contributed by atoms with Crippen molar-refractivity contribution in [2.24, 2.45) is 5.10 Å². The molecule has 1 amide bonds. The Hall–Kier alpha value is -3.42. The second kappa shape index (κ2) is 9.87. The van der Waals surface area contributed by atoms with Gasteiger partial charge in [-0.2, -0.15) is 5.10 Å². The first-order valence-electron chi connectivity index (χ1n) is 8.67. The Morgan fingerprint density at radius 3 is 2.53 bits per heavy atom. The third-order valence-electron chi connectivity index (χ3n) is 3.97. The lowest BCUT2D eigenvalue weighted by molar-refractivity contribution is -0.384. The van der Waals surface area contributed by atoms with Crippen LogP contribution in [0.3, 0.4) is 0 Å². The third-order valence-corrected chi connectivity index (χ3v) is 4.71. The van der Waals surface area contributed by atoms with E-state index in [9.17, 15) is 14.9 Å². The SMILES string of the molecule is O=C(N/N=C\c1ccc(OCc2ccc(Cl)c(Cl)c2)cc1)c1cccc([N+](=O)[O-])c1. The van der Waals surface area contributed by atoms with Crippen molar-refractivity contribution in [3.63, 3.8) is 0 Å². The Bertz CT molecular complexity index is 1100. The van der Waals surface area contributed by atoms with Gasteiger partial charge in [0.1, 0.15) is 12.4 Å². The first kappa shape index (κ1) is 21.3.